The summed E-state index contributed by atoms with van der Waals surface area (Å²) in [6, 6.07) is 12.2. The number of piperazine rings is 1. The molecule has 1 aromatic heterocycles. The van der Waals surface area contributed by atoms with E-state index < -0.39 is 64.0 Å². The van der Waals surface area contributed by atoms with E-state index in [-0.39, 0.29) is 60.2 Å². The standard InChI is InChI=1S/C35H35F5N4O4S/c1-20-16-42(33(46)48-34(2,3)4)12-13-43(20)31-25-15-26(35(38,39)40)28(24-11-10-22(36)14-27(24)37)30-29(25)44(32(45)41-31)17-23(19-49-30)47-18-21-8-6-5-7-9-21/h5-11,14-15,20,23H,12-13,16-19H2,1-4H3/t20-,23-/m0/s1. The third kappa shape index (κ3) is 7.25. The zero-order valence-electron chi connectivity index (χ0n) is 27.3. The Morgan fingerprint density at radius 1 is 1.02 bits per heavy atom. The number of carbonyl (C=O) groups is 1. The van der Waals surface area contributed by atoms with E-state index in [1.165, 1.54) is 9.47 Å². The Labute approximate surface area is 283 Å². The van der Waals surface area contributed by atoms with Gasteiger partial charge in [0.25, 0.3) is 0 Å². The number of ether oxygens (including phenoxy) is 2. The molecule has 1 saturated heterocycles. The van der Waals surface area contributed by atoms with Crippen LogP contribution in [0.25, 0.3) is 22.0 Å². The molecule has 1 amide bonds. The topological polar surface area (TPSA) is 76.9 Å². The number of rotatable bonds is 5. The summed E-state index contributed by atoms with van der Waals surface area (Å²) in [5.74, 6) is -1.94. The Morgan fingerprint density at radius 2 is 1.76 bits per heavy atom. The number of nitrogens with zero attached hydrogens (tertiary/aromatic N) is 4. The summed E-state index contributed by atoms with van der Waals surface area (Å²) in [6.45, 7) is 7.71. The minimum absolute atomic E-state index is 0.0157. The van der Waals surface area contributed by atoms with Crippen molar-refractivity contribution in [1.82, 2.24) is 14.5 Å². The summed E-state index contributed by atoms with van der Waals surface area (Å²) in [7, 11) is 0. The molecule has 3 heterocycles. The van der Waals surface area contributed by atoms with Gasteiger partial charge in [-0.1, -0.05) is 30.3 Å². The lowest BCUT2D eigenvalue weighted by atomic mass is 9.95. The average molecular weight is 703 g/mol. The molecule has 8 nitrogen and oxygen atoms in total. The van der Waals surface area contributed by atoms with Gasteiger partial charge in [-0.3, -0.25) is 4.57 Å². The van der Waals surface area contributed by atoms with Crippen LogP contribution in [-0.4, -0.2) is 63.7 Å². The maximum Gasteiger partial charge on any atom is 0.417 e. The molecule has 0 radical (unpaired) electrons. The summed E-state index contributed by atoms with van der Waals surface area (Å²) in [4.78, 5) is 34.3. The molecule has 3 aromatic carbocycles. The van der Waals surface area contributed by atoms with Crippen LogP contribution in [-0.2, 0) is 28.8 Å². The summed E-state index contributed by atoms with van der Waals surface area (Å²) in [5, 5.41) is 0.0435. The number of aromatic nitrogens is 2. The molecule has 2 aliphatic rings. The Balaban J connectivity index is 1.51. The third-order valence-corrected chi connectivity index (χ3v) is 9.61. The minimum atomic E-state index is -4.96. The first-order valence-electron chi connectivity index (χ1n) is 15.8. The van der Waals surface area contributed by atoms with Crippen LogP contribution in [0, 0.1) is 11.6 Å². The molecule has 0 spiro atoms. The maximum absolute atomic E-state index is 15.4. The fourth-order valence-electron chi connectivity index (χ4n) is 6.19. The first kappa shape index (κ1) is 34.7. The number of benzene rings is 3. The number of alkyl halides is 3. The summed E-state index contributed by atoms with van der Waals surface area (Å²) >= 11 is 1.02. The Kier molecular flexibility index (Phi) is 9.40. The van der Waals surface area contributed by atoms with Crippen LogP contribution in [0.5, 0.6) is 0 Å². The van der Waals surface area contributed by atoms with Gasteiger partial charge in [0.05, 0.1) is 30.3 Å². The largest absolute Gasteiger partial charge is 0.444 e. The van der Waals surface area contributed by atoms with Gasteiger partial charge in [-0.2, -0.15) is 18.2 Å². The van der Waals surface area contributed by atoms with Crippen molar-refractivity contribution in [1.29, 1.82) is 0 Å². The molecule has 0 saturated carbocycles. The average Bonchev–Trinajstić information content (AvgIpc) is 3.22. The summed E-state index contributed by atoms with van der Waals surface area (Å²) < 4.78 is 87.3. The number of thioether (sulfide) groups is 1. The van der Waals surface area contributed by atoms with Gasteiger partial charge >= 0.3 is 18.0 Å². The van der Waals surface area contributed by atoms with Crippen LogP contribution in [0.1, 0.15) is 38.8 Å². The molecule has 49 heavy (non-hydrogen) atoms. The molecule has 1 fully saturated rings. The Bertz CT molecular complexity index is 1950. The third-order valence-electron chi connectivity index (χ3n) is 8.38. The highest BCUT2D eigenvalue weighted by Gasteiger charge is 2.40. The highest BCUT2D eigenvalue weighted by atomic mass is 32.2. The Hall–Kier alpha value is -4.17. The van der Waals surface area contributed by atoms with Crippen molar-refractivity contribution in [2.75, 3.05) is 30.3 Å². The fraction of sp³-hybridized carbons (Fsp3) is 0.400. The second-order valence-electron chi connectivity index (χ2n) is 13.2. The van der Waals surface area contributed by atoms with Crippen LogP contribution in [0.4, 0.5) is 32.6 Å². The highest BCUT2D eigenvalue weighted by Crippen LogP contribution is 2.49. The zero-order valence-corrected chi connectivity index (χ0v) is 28.1. The number of anilines is 1. The fourth-order valence-corrected chi connectivity index (χ4v) is 7.47. The van der Waals surface area contributed by atoms with Crippen molar-refractivity contribution in [3.05, 3.63) is 87.8 Å². The lowest BCUT2D eigenvalue weighted by Crippen LogP contribution is -2.55. The molecular weight excluding hydrogens is 667 g/mol. The Morgan fingerprint density at radius 3 is 2.41 bits per heavy atom. The van der Waals surface area contributed by atoms with Crippen molar-refractivity contribution in [2.24, 2.45) is 0 Å². The predicted molar refractivity (Wildman–Crippen MR) is 177 cm³/mol. The van der Waals surface area contributed by atoms with E-state index in [4.69, 9.17) is 9.47 Å². The van der Waals surface area contributed by atoms with Gasteiger partial charge in [-0.05, 0) is 51.5 Å². The zero-order chi connectivity index (χ0) is 35.2. The molecule has 0 N–H and O–H groups in total. The van der Waals surface area contributed by atoms with Gasteiger partial charge in [0.1, 0.15) is 23.1 Å². The minimum Gasteiger partial charge on any atom is -0.444 e. The van der Waals surface area contributed by atoms with E-state index in [0.29, 0.717) is 6.07 Å². The second-order valence-corrected chi connectivity index (χ2v) is 14.2. The lowest BCUT2D eigenvalue weighted by molar-refractivity contribution is -0.137. The van der Waals surface area contributed by atoms with Crippen LogP contribution in [0.3, 0.4) is 0 Å². The van der Waals surface area contributed by atoms with E-state index in [2.05, 4.69) is 4.98 Å². The molecule has 260 valence electrons. The van der Waals surface area contributed by atoms with Crippen molar-refractivity contribution >= 4 is 34.6 Å². The normalized spacial score (nSPS) is 18.5. The van der Waals surface area contributed by atoms with E-state index >= 15 is 17.6 Å². The molecule has 0 unspecified atom stereocenters. The van der Waals surface area contributed by atoms with Gasteiger partial charge in [-0.25, -0.2) is 18.4 Å². The molecule has 14 heteroatoms. The van der Waals surface area contributed by atoms with Gasteiger partial charge in [0.15, 0.2) is 0 Å². The van der Waals surface area contributed by atoms with Crippen molar-refractivity contribution in [3.63, 3.8) is 0 Å². The number of hydrogen-bond acceptors (Lipinski definition) is 7. The number of carbonyl (C=O) groups excluding carboxylic acids is 1. The monoisotopic (exact) mass is 702 g/mol. The first-order chi connectivity index (χ1) is 23.1. The van der Waals surface area contributed by atoms with Crippen LogP contribution in [0.2, 0.25) is 0 Å². The van der Waals surface area contributed by atoms with Gasteiger partial charge in [0.2, 0.25) is 0 Å². The smallest absolute Gasteiger partial charge is 0.417 e. The van der Waals surface area contributed by atoms with Crippen molar-refractivity contribution in [2.45, 2.75) is 69.7 Å². The number of amides is 1. The molecular formula is C35H35F5N4O4S. The van der Waals surface area contributed by atoms with Crippen molar-refractivity contribution in [3.8, 4) is 11.1 Å². The van der Waals surface area contributed by atoms with Gasteiger partial charge < -0.3 is 19.3 Å². The van der Waals surface area contributed by atoms with Gasteiger partial charge in [-0.15, -0.1) is 11.8 Å². The predicted octanol–water partition coefficient (Wildman–Crippen LogP) is 7.50. The summed E-state index contributed by atoms with van der Waals surface area (Å²) in [6.07, 6.45) is -6.11. The molecule has 2 atom stereocenters. The molecule has 4 aromatic rings. The lowest BCUT2D eigenvalue weighted by Gasteiger charge is -2.41. The SMILES string of the molecule is C[C@H]1CN(C(=O)OC(C)(C)C)CCN1c1nc(=O)n2c3c(c(-c4ccc(F)cc4F)c(C(F)(F)F)cc13)SC[C@@H](OCc1ccccc1)C2. The molecule has 0 aliphatic carbocycles. The van der Waals surface area contributed by atoms with E-state index in [9.17, 15) is 14.0 Å². The second kappa shape index (κ2) is 13.3. The maximum atomic E-state index is 15.4. The van der Waals surface area contributed by atoms with E-state index in [1.54, 1.807) is 32.6 Å². The quantitative estimate of drug-likeness (QED) is 0.200. The summed E-state index contributed by atoms with van der Waals surface area (Å²) in [5.41, 5.74) is -2.50. The molecule has 0 bridgehead atoms. The first-order valence-corrected chi connectivity index (χ1v) is 16.8. The van der Waals surface area contributed by atoms with E-state index in [1.807, 2.05) is 30.3 Å². The van der Waals surface area contributed by atoms with E-state index in [0.717, 1.165) is 35.5 Å². The van der Waals surface area contributed by atoms with Gasteiger partial charge in [0, 0.05) is 58.9 Å². The van der Waals surface area contributed by atoms with Crippen molar-refractivity contribution < 1.29 is 36.2 Å². The number of hydrogen-bond donors (Lipinski definition) is 0. The molecule has 6 rings (SSSR count). The van der Waals surface area contributed by atoms with Crippen LogP contribution in [0.15, 0.2) is 64.3 Å². The highest BCUT2D eigenvalue weighted by molar-refractivity contribution is 7.99. The number of halogens is 5. The van der Waals surface area contributed by atoms with Crippen LogP contribution < -0.4 is 10.6 Å². The van der Waals surface area contributed by atoms with Crippen LogP contribution >= 0.6 is 11.8 Å². The molecule has 2 aliphatic heterocycles.